The number of aryl methyl sites for hydroxylation is 1. The van der Waals surface area contributed by atoms with Crippen LogP contribution in [0.4, 0.5) is 0 Å². The van der Waals surface area contributed by atoms with E-state index >= 15 is 0 Å². The zero-order valence-electron chi connectivity index (χ0n) is 15.7. The van der Waals surface area contributed by atoms with Crippen molar-refractivity contribution in [3.63, 3.8) is 0 Å². The fraction of sp³-hybridized carbons (Fsp3) is 0.333. The van der Waals surface area contributed by atoms with Crippen LogP contribution in [0, 0.1) is 6.92 Å². The molecule has 2 N–H and O–H groups in total. The topological polar surface area (TPSA) is 84.9 Å². The minimum Gasteiger partial charge on any atom is -0.496 e. The lowest BCUT2D eigenvalue weighted by Gasteiger charge is -2.10. The first-order valence-corrected chi connectivity index (χ1v) is 8.81. The number of carboxylic acids is 1. The van der Waals surface area contributed by atoms with Crippen LogP contribution in [0.1, 0.15) is 29.5 Å². The van der Waals surface area contributed by atoms with E-state index in [4.69, 9.17) is 14.6 Å². The zero-order chi connectivity index (χ0) is 19.6. The predicted octanol–water partition coefficient (Wildman–Crippen LogP) is 3.11. The molecule has 0 unspecified atom stereocenters. The van der Waals surface area contributed by atoms with Crippen molar-refractivity contribution in [2.45, 2.75) is 32.7 Å². The molecular weight excluding hydrogens is 346 g/mol. The summed E-state index contributed by atoms with van der Waals surface area (Å²) in [5, 5.41) is 11.5. The summed E-state index contributed by atoms with van der Waals surface area (Å²) in [5.74, 6) is 0.487. The standard InChI is InChI=1S/C21H25NO5/c1-15-5-10-19(26-2)17(12-15)13-20(23)22-14-16-6-8-18(9-7-16)27-11-3-4-21(24)25/h5-10,12H,3-4,11,13-14H2,1-2H3,(H,22,23)(H,24,25). The molecular formula is C21H25NO5. The second-order valence-corrected chi connectivity index (χ2v) is 6.26. The van der Waals surface area contributed by atoms with E-state index in [1.807, 2.05) is 49.4 Å². The van der Waals surface area contributed by atoms with Gasteiger partial charge in [-0.3, -0.25) is 9.59 Å². The highest BCUT2D eigenvalue weighted by atomic mass is 16.5. The number of methoxy groups -OCH3 is 1. The summed E-state index contributed by atoms with van der Waals surface area (Å²) in [7, 11) is 1.59. The number of aliphatic carboxylic acids is 1. The molecule has 0 saturated carbocycles. The molecule has 0 aliphatic heterocycles. The van der Waals surface area contributed by atoms with Gasteiger partial charge in [0, 0.05) is 18.5 Å². The van der Waals surface area contributed by atoms with E-state index in [0.29, 0.717) is 31.1 Å². The van der Waals surface area contributed by atoms with Gasteiger partial charge in [0.15, 0.2) is 0 Å². The van der Waals surface area contributed by atoms with Gasteiger partial charge in [0.1, 0.15) is 11.5 Å². The molecule has 2 aromatic rings. The van der Waals surface area contributed by atoms with Crippen molar-refractivity contribution in [3.8, 4) is 11.5 Å². The van der Waals surface area contributed by atoms with Crippen LogP contribution < -0.4 is 14.8 Å². The monoisotopic (exact) mass is 371 g/mol. The number of carboxylic acid groups (broad SMARTS) is 1. The van der Waals surface area contributed by atoms with E-state index in [1.54, 1.807) is 7.11 Å². The SMILES string of the molecule is COc1ccc(C)cc1CC(=O)NCc1ccc(OCCCC(=O)O)cc1. The van der Waals surface area contributed by atoms with Gasteiger partial charge in [0.05, 0.1) is 20.1 Å². The Morgan fingerprint density at radius 2 is 1.85 bits per heavy atom. The molecule has 0 aliphatic rings. The number of carbonyl (C=O) groups excluding carboxylic acids is 1. The number of benzene rings is 2. The number of rotatable bonds is 10. The number of carbonyl (C=O) groups is 2. The Hall–Kier alpha value is -3.02. The van der Waals surface area contributed by atoms with Crippen molar-refractivity contribution in [1.82, 2.24) is 5.32 Å². The number of amides is 1. The average Bonchev–Trinajstić information content (AvgIpc) is 2.64. The Kier molecular flexibility index (Phi) is 7.67. The van der Waals surface area contributed by atoms with Crippen LogP contribution in [-0.2, 0) is 22.6 Å². The molecule has 0 saturated heterocycles. The van der Waals surface area contributed by atoms with Crippen LogP contribution in [-0.4, -0.2) is 30.7 Å². The molecule has 0 aromatic heterocycles. The molecule has 0 bridgehead atoms. The lowest BCUT2D eigenvalue weighted by atomic mass is 10.1. The Balaban J connectivity index is 1.80. The molecule has 1 amide bonds. The minimum atomic E-state index is -0.826. The van der Waals surface area contributed by atoms with Gasteiger partial charge in [-0.1, -0.05) is 29.8 Å². The molecule has 0 aliphatic carbocycles. The number of hydrogen-bond donors (Lipinski definition) is 2. The predicted molar refractivity (Wildman–Crippen MR) is 102 cm³/mol. The van der Waals surface area contributed by atoms with Crippen LogP contribution in [0.15, 0.2) is 42.5 Å². The summed E-state index contributed by atoms with van der Waals surface area (Å²) in [6.07, 6.45) is 0.820. The fourth-order valence-corrected chi connectivity index (χ4v) is 2.60. The fourth-order valence-electron chi connectivity index (χ4n) is 2.60. The summed E-state index contributed by atoms with van der Waals surface area (Å²) in [6, 6.07) is 13.1. The van der Waals surface area contributed by atoms with Crippen molar-refractivity contribution in [2.24, 2.45) is 0 Å². The smallest absolute Gasteiger partial charge is 0.303 e. The van der Waals surface area contributed by atoms with E-state index in [2.05, 4.69) is 5.32 Å². The molecule has 0 fully saturated rings. The van der Waals surface area contributed by atoms with Crippen molar-refractivity contribution < 1.29 is 24.2 Å². The second-order valence-electron chi connectivity index (χ2n) is 6.26. The maximum atomic E-state index is 12.2. The Morgan fingerprint density at radius 3 is 2.52 bits per heavy atom. The van der Waals surface area contributed by atoms with Gasteiger partial charge >= 0.3 is 5.97 Å². The highest BCUT2D eigenvalue weighted by Gasteiger charge is 2.09. The Bertz CT molecular complexity index is 771. The number of ether oxygens (including phenoxy) is 2. The van der Waals surface area contributed by atoms with E-state index < -0.39 is 5.97 Å². The van der Waals surface area contributed by atoms with E-state index in [1.165, 1.54) is 0 Å². The van der Waals surface area contributed by atoms with Crippen LogP contribution in [0.3, 0.4) is 0 Å². The van der Waals surface area contributed by atoms with Crippen LogP contribution >= 0.6 is 0 Å². The van der Waals surface area contributed by atoms with Crippen molar-refractivity contribution in [2.75, 3.05) is 13.7 Å². The molecule has 6 heteroatoms. The maximum Gasteiger partial charge on any atom is 0.303 e. The summed E-state index contributed by atoms with van der Waals surface area (Å²) in [6.45, 7) is 2.76. The molecule has 0 radical (unpaired) electrons. The van der Waals surface area contributed by atoms with E-state index in [9.17, 15) is 9.59 Å². The van der Waals surface area contributed by atoms with Crippen molar-refractivity contribution >= 4 is 11.9 Å². The number of hydrogen-bond acceptors (Lipinski definition) is 4. The highest BCUT2D eigenvalue weighted by molar-refractivity contribution is 5.79. The van der Waals surface area contributed by atoms with E-state index in [-0.39, 0.29) is 18.7 Å². The second kappa shape index (κ2) is 10.2. The molecule has 2 aromatic carbocycles. The lowest BCUT2D eigenvalue weighted by molar-refractivity contribution is -0.137. The minimum absolute atomic E-state index is 0.0760. The summed E-state index contributed by atoms with van der Waals surface area (Å²) in [4.78, 5) is 22.7. The van der Waals surface area contributed by atoms with Gasteiger partial charge in [0.2, 0.25) is 5.91 Å². The average molecular weight is 371 g/mol. The van der Waals surface area contributed by atoms with Crippen LogP contribution in [0.5, 0.6) is 11.5 Å². The highest BCUT2D eigenvalue weighted by Crippen LogP contribution is 2.20. The van der Waals surface area contributed by atoms with Gasteiger partial charge in [0.25, 0.3) is 0 Å². The lowest BCUT2D eigenvalue weighted by Crippen LogP contribution is -2.24. The summed E-state index contributed by atoms with van der Waals surface area (Å²) >= 11 is 0. The van der Waals surface area contributed by atoms with Gasteiger partial charge < -0.3 is 19.9 Å². The molecule has 0 spiro atoms. The van der Waals surface area contributed by atoms with Crippen LogP contribution in [0.25, 0.3) is 0 Å². The first-order valence-electron chi connectivity index (χ1n) is 8.81. The third kappa shape index (κ3) is 7.01. The van der Waals surface area contributed by atoms with Gasteiger partial charge in [-0.25, -0.2) is 0 Å². The van der Waals surface area contributed by atoms with Gasteiger partial charge in [-0.15, -0.1) is 0 Å². The largest absolute Gasteiger partial charge is 0.496 e. The van der Waals surface area contributed by atoms with Gasteiger partial charge in [-0.2, -0.15) is 0 Å². The maximum absolute atomic E-state index is 12.2. The van der Waals surface area contributed by atoms with Crippen molar-refractivity contribution in [3.05, 3.63) is 59.2 Å². The molecule has 27 heavy (non-hydrogen) atoms. The quantitative estimate of drug-likeness (QED) is 0.627. The third-order valence-electron chi connectivity index (χ3n) is 4.00. The number of nitrogens with one attached hydrogen (secondary N) is 1. The molecule has 2 rings (SSSR count). The van der Waals surface area contributed by atoms with Crippen LogP contribution in [0.2, 0.25) is 0 Å². The first kappa shape index (κ1) is 20.3. The first-order chi connectivity index (χ1) is 13.0. The zero-order valence-corrected chi connectivity index (χ0v) is 15.7. The Morgan fingerprint density at radius 1 is 1.11 bits per heavy atom. The van der Waals surface area contributed by atoms with Crippen molar-refractivity contribution in [1.29, 1.82) is 0 Å². The molecule has 144 valence electrons. The van der Waals surface area contributed by atoms with Gasteiger partial charge in [-0.05, 0) is 37.1 Å². The Labute approximate surface area is 159 Å². The van der Waals surface area contributed by atoms with E-state index in [0.717, 1.165) is 16.7 Å². The molecule has 6 nitrogen and oxygen atoms in total. The molecule has 0 heterocycles. The third-order valence-corrected chi connectivity index (χ3v) is 4.00. The normalized spacial score (nSPS) is 10.3. The summed E-state index contributed by atoms with van der Waals surface area (Å²) in [5.41, 5.74) is 2.90. The summed E-state index contributed by atoms with van der Waals surface area (Å²) < 4.78 is 10.8. The molecule has 0 atom stereocenters.